The maximum atomic E-state index is 12.5. The van der Waals surface area contributed by atoms with Crippen LogP contribution in [-0.4, -0.2) is 27.9 Å². The van der Waals surface area contributed by atoms with Crippen molar-refractivity contribution in [2.75, 3.05) is 0 Å². The van der Waals surface area contributed by atoms with Crippen LogP contribution in [0.5, 0.6) is 0 Å². The third-order valence-corrected chi connectivity index (χ3v) is 4.03. The Bertz CT molecular complexity index is 459. The fraction of sp³-hybridized carbons (Fsp3) is 0.667. The van der Waals surface area contributed by atoms with E-state index in [-0.39, 0.29) is 36.4 Å². The van der Waals surface area contributed by atoms with E-state index in [0.29, 0.717) is 18.4 Å². The van der Waals surface area contributed by atoms with Crippen LogP contribution in [0.15, 0.2) is 11.1 Å². The first kappa shape index (κ1) is 16.4. The van der Waals surface area contributed by atoms with Gasteiger partial charge in [0, 0.05) is 18.8 Å². The van der Waals surface area contributed by atoms with Gasteiger partial charge in [0.15, 0.2) is 5.78 Å². The minimum Gasteiger partial charge on any atom is -0.481 e. The molecule has 20 heavy (non-hydrogen) atoms. The van der Waals surface area contributed by atoms with E-state index in [1.807, 2.05) is 20.8 Å². The van der Waals surface area contributed by atoms with Gasteiger partial charge in [-0.15, -0.1) is 0 Å². The molecule has 0 aliphatic heterocycles. The summed E-state index contributed by atoms with van der Waals surface area (Å²) >= 11 is 0. The Morgan fingerprint density at radius 1 is 1.20 bits per heavy atom. The Morgan fingerprint density at radius 3 is 2.25 bits per heavy atom. The lowest BCUT2D eigenvalue weighted by atomic mass is 9.64. The summed E-state index contributed by atoms with van der Waals surface area (Å²) in [5.41, 5.74) is 1.25. The van der Waals surface area contributed by atoms with Gasteiger partial charge in [-0.2, -0.15) is 0 Å². The van der Waals surface area contributed by atoms with Crippen LogP contribution >= 0.6 is 0 Å². The van der Waals surface area contributed by atoms with Gasteiger partial charge in [0.25, 0.3) is 0 Å². The lowest BCUT2D eigenvalue weighted by molar-refractivity contribution is -0.138. The molecule has 1 aliphatic rings. The number of carboxylic acids is 2. The van der Waals surface area contributed by atoms with Gasteiger partial charge in [0.1, 0.15) is 0 Å². The predicted molar refractivity (Wildman–Crippen MR) is 73.3 cm³/mol. The molecule has 0 fully saturated rings. The van der Waals surface area contributed by atoms with Gasteiger partial charge in [-0.1, -0.05) is 19.4 Å². The molecule has 0 spiro atoms. The Morgan fingerprint density at radius 2 is 1.75 bits per heavy atom. The van der Waals surface area contributed by atoms with Crippen molar-refractivity contribution in [1.82, 2.24) is 0 Å². The van der Waals surface area contributed by atoms with Crippen LogP contribution in [0.25, 0.3) is 0 Å². The number of hydrogen-bond donors (Lipinski definition) is 2. The Labute approximate surface area is 118 Å². The van der Waals surface area contributed by atoms with Crippen molar-refractivity contribution in [2.45, 2.75) is 52.9 Å². The molecule has 0 aromatic rings. The fourth-order valence-electron chi connectivity index (χ4n) is 3.05. The minimum absolute atomic E-state index is 0.0366. The van der Waals surface area contributed by atoms with Gasteiger partial charge in [-0.05, 0) is 37.2 Å². The molecule has 1 atom stereocenters. The van der Waals surface area contributed by atoms with Gasteiger partial charge >= 0.3 is 11.9 Å². The number of rotatable bonds is 6. The summed E-state index contributed by atoms with van der Waals surface area (Å²) in [5, 5.41) is 17.5. The van der Waals surface area contributed by atoms with Crippen molar-refractivity contribution in [3.63, 3.8) is 0 Å². The van der Waals surface area contributed by atoms with Gasteiger partial charge in [0.2, 0.25) is 0 Å². The molecule has 1 aliphatic carbocycles. The number of Topliss-reactive ketones (excluding diaryl/α,β-unsaturated/α-hetero) is 1. The number of carbonyl (C=O) groups is 3. The molecule has 1 rings (SSSR count). The first-order valence-corrected chi connectivity index (χ1v) is 6.81. The lowest BCUT2D eigenvalue weighted by Crippen LogP contribution is -2.37. The summed E-state index contributed by atoms with van der Waals surface area (Å²) in [6.45, 7) is 5.80. The molecule has 112 valence electrons. The summed E-state index contributed by atoms with van der Waals surface area (Å²) in [4.78, 5) is 33.9. The quantitative estimate of drug-likeness (QED) is 0.781. The van der Waals surface area contributed by atoms with Crippen molar-refractivity contribution < 1.29 is 24.6 Å². The van der Waals surface area contributed by atoms with Crippen molar-refractivity contribution in [2.24, 2.45) is 11.3 Å². The molecule has 0 saturated carbocycles. The Kier molecular flexibility index (Phi) is 5.09. The zero-order chi connectivity index (χ0) is 15.5. The molecule has 0 aromatic carbocycles. The van der Waals surface area contributed by atoms with Crippen LogP contribution in [0.4, 0.5) is 0 Å². The van der Waals surface area contributed by atoms with E-state index in [0.717, 1.165) is 5.57 Å². The average Bonchev–Trinajstić information content (AvgIpc) is 2.25. The van der Waals surface area contributed by atoms with Crippen LogP contribution in [0.3, 0.4) is 0 Å². The van der Waals surface area contributed by atoms with Gasteiger partial charge in [-0.3, -0.25) is 14.4 Å². The van der Waals surface area contributed by atoms with E-state index in [1.165, 1.54) is 0 Å². The predicted octanol–water partition coefficient (Wildman–Crippen LogP) is 2.65. The van der Waals surface area contributed by atoms with Gasteiger partial charge in [-0.25, -0.2) is 0 Å². The van der Waals surface area contributed by atoms with E-state index >= 15 is 0 Å². The van der Waals surface area contributed by atoms with E-state index in [4.69, 9.17) is 10.2 Å². The number of allylic oxidation sites excluding steroid dienone is 2. The van der Waals surface area contributed by atoms with E-state index in [1.54, 1.807) is 0 Å². The van der Waals surface area contributed by atoms with Crippen LogP contribution in [0.1, 0.15) is 52.9 Å². The standard InChI is InChI=1S/C15H22O5/c1-9-8-15(2,3)11(5-7-13(18)19)14(20)10(9)4-6-12(16)17/h11H,4-8H2,1-3H3,(H,16,17)(H,18,19)/t11-/m0/s1. The van der Waals surface area contributed by atoms with Crippen LogP contribution in [-0.2, 0) is 14.4 Å². The molecule has 0 heterocycles. The fourth-order valence-corrected chi connectivity index (χ4v) is 3.05. The normalized spacial score (nSPS) is 21.9. The van der Waals surface area contributed by atoms with E-state index in [9.17, 15) is 14.4 Å². The zero-order valence-electron chi connectivity index (χ0n) is 12.2. The maximum absolute atomic E-state index is 12.5. The molecular formula is C15H22O5. The number of carbonyl (C=O) groups excluding carboxylic acids is 1. The summed E-state index contributed by atoms with van der Waals surface area (Å²) in [7, 11) is 0. The molecule has 0 unspecified atom stereocenters. The smallest absolute Gasteiger partial charge is 0.303 e. The molecular weight excluding hydrogens is 260 g/mol. The molecule has 0 radical (unpaired) electrons. The number of hydrogen-bond acceptors (Lipinski definition) is 3. The highest BCUT2D eigenvalue weighted by atomic mass is 16.4. The third kappa shape index (κ3) is 3.92. The highest BCUT2D eigenvalue weighted by molar-refractivity contribution is 5.99. The second kappa shape index (κ2) is 6.20. The molecule has 0 bridgehead atoms. The first-order valence-electron chi connectivity index (χ1n) is 6.81. The molecule has 0 saturated heterocycles. The van der Waals surface area contributed by atoms with Crippen molar-refractivity contribution in [1.29, 1.82) is 0 Å². The second-order valence-corrected chi connectivity index (χ2v) is 6.17. The molecule has 5 nitrogen and oxygen atoms in total. The largest absolute Gasteiger partial charge is 0.481 e. The highest BCUT2D eigenvalue weighted by Crippen LogP contribution is 2.44. The molecule has 5 heteroatoms. The number of carboxylic acid groups (broad SMARTS) is 2. The van der Waals surface area contributed by atoms with Crippen LogP contribution in [0.2, 0.25) is 0 Å². The second-order valence-electron chi connectivity index (χ2n) is 6.17. The summed E-state index contributed by atoms with van der Waals surface area (Å²) in [6.07, 6.45) is 1.15. The monoisotopic (exact) mass is 282 g/mol. The summed E-state index contributed by atoms with van der Waals surface area (Å²) in [6, 6.07) is 0. The van der Waals surface area contributed by atoms with Gasteiger partial charge in [0.05, 0.1) is 0 Å². The van der Waals surface area contributed by atoms with Crippen molar-refractivity contribution >= 4 is 17.7 Å². The van der Waals surface area contributed by atoms with Crippen molar-refractivity contribution in [3.8, 4) is 0 Å². The summed E-state index contributed by atoms with van der Waals surface area (Å²) in [5.74, 6) is -2.25. The summed E-state index contributed by atoms with van der Waals surface area (Å²) < 4.78 is 0. The maximum Gasteiger partial charge on any atom is 0.303 e. The van der Waals surface area contributed by atoms with E-state index in [2.05, 4.69) is 0 Å². The molecule has 2 N–H and O–H groups in total. The number of ketones is 1. The molecule has 0 aromatic heterocycles. The van der Waals surface area contributed by atoms with Crippen LogP contribution < -0.4 is 0 Å². The topological polar surface area (TPSA) is 91.7 Å². The number of aliphatic carboxylic acids is 2. The Hall–Kier alpha value is -1.65. The Balaban J connectivity index is 2.94. The average molecular weight is 282 g/mol. The molecule has 0 amide bonds. The lowest BCUT2D eigenvalue weighted by Gasteiger charge is -2.39. The zero-order valence-corrected chi connectivity index (χ0v) is 12.2. The minimum atomic E-state index is -0.926. The van der Waals surface area contributed by atoms with E-state index < -0.39 is 11.9 Å². The van der Waals surface area contributed by atoms with Crippen molar-refractivity contribution in [3.05, 3.63) is 11.1 Å². The first-order chi connectivity index (χ1) is 9.15. The van der Waals surface area contributed by atoms with Gasteiger partial charge < -0.3 is 10.2 Å². The SMILES string of the molecule is CC1=C(CCC(=O)O)C(=O)[C@H](CCC(=O)O)C(C)(C)C1. The third-order valence-electron chi connectivity index (χ3n) is 4.03. The van der Waals surface area contributed by atoms with Crippen LogP contribution in [0, 0.1) is 11.3 Å². The highest BCUT2D eigenvalue weighted by Gasteiger charge is 2.40.